The zero-order valence-corrected chi connectivity index (χ0v) is 10.1. The fourth-order valence-corrected chi connectivity index (χ4v) is 2.18. The molecule has 0 aliphatic heterocycles. The Bertz CT molecular complexity index is 572. The summed E-state index contributed by atoms with van der Waals surface area (Å²) in [4.78, 5) is 11.7. The van der Waals surface area contributed by atoms with Crippen molar-refractivity contribution in [2.45, 2.75) is 6.92 Å². The Labute approximate surface area is 98.6 Å². The van der Waals surface area contributed by atoms with Crippen LogP contribution in [0.2, 0.25) is 5.02 Å². The van der Waals surface area contributed by atoms with Gasteiger partial charge in [0.15, 0.2) is 0 Å². The molecule has 0 aliphatic carbocycles. The minimum Gasteiger partial charge on any atom is -0.465 e. The van der Waals surface area contributed by atoms with Crippen LogP contribution in [0.15, 0.2) is 18.2 Å². The van der Waals surface area contributed by atoms with E-state index in [0.717, 1.165) is 16.6 Å². The first-order chi connectivity index (χ1) is 7.57. The van der Waals surface area contributed by atoms with Crippen LogP contribution in [-0.2, 0) is 11.8 Å². The predicted molar refractivity (Wildman–Crippen MR) is 64.0 cm³/mol. The Morgan fingerprint density at radius 1 is 1.44 bits per heavy atom. The summed E-state index contributed by atoms with van der Waals surface area (Å²) in [5.41, 5.74) is 2.34. The van der Waals surface area contributed by atoms with Crippen LogP contribution in [0.5, 0.6) is 0 Å². The monoisotopic (exact) mass is 237 g/mol. The first-order valence-electron chi connectivity index (χ1n) is 4.89. The lowest BCUT2D eigenvalue weighted by atomic mass is 10.1. The molecule has 16 heavy (non-hydrogen) atoms. The molecule has 1 aromatic heterocycles. The largest absolute Gasteiger partial charge is 0.465 e. The fraction of sp³-hybridized carbons (Fsp3) is 0.250. The minimum absolute atomic E-state index is 0.351. The third-order valence-electron chi connectivity index (χ3n) is 2.86. The van der Waals surface area contributed by atoms with Crippen LogP contribution in [0.25, 0.3) is 10.9 Å². The van der Waals surface area contributed by atoms with Crippen molar-refractivity contribution in [3.05, 3.63) is 34.5 Å². The van der Waals surface area contributed by atoms with E-state index in [1.807, 2.05) is 30.7 Å². The van der Waals surface area contributed by atoms with Crippen LogP contribution in [0.1, 0.15) is 16.1 Å². The Morgan fingerprint density at radius 3 is 2.75 bits per heavy atom. The third-order valence-corrected chi connectivity index (χ3v) is 3.17. The number of aromatic nitrogens is 1. The van der Waals surface area contributed by atoms with Gasteiger partial charge in [-0.25, -0.2) is 4.79 Å². The van der Waals surface area contributed by atoms with E-state index in [1.54, 1.807) is 6.07 Å². The van der Waals surface area contributed by atoms with E-state index >= 15 is 0 Å². The molecule has 0 amide bonds. The molecule has 0 bridgehead atoms. The lowest BCUT2D eigenvalue weighted by Crippen LogP contribution is -2.03. The molecule has 3 nitrogen and oxygen atoms in total. The number of hydrogen-bond donors (Lipinski definition) is 0. The summed E-state index contributed by atoms with van der Waals surface area (Å²) in [7, 11) is 3.28. The molecule has 0 atom stereocenters. The number of carbonyl (C=O) groups is 1. The highest BCUT2D eigenvalue weighted by Gasteiger charge is 2.20. The highest BCUT2D eigenvalue weighted by molar-refractivity contribution is 6.36. The van der Waals surface area contributed by atoms with Gasteiger partial charge in [-0.15, -0.1) is 0 Å². The second-order valence-electron chi connectivity index (χ2n) is 3.64. The molecule has 2 aromatic rings. The van der Waals surface area contributed by atoms with E-state index in [2.05, 4.69) is 0 Å². The van der Waals surface area contributed by atoms with E-state index in [9.17, 15) is 4.79 Å². The number of rotatable bonds is 1. The van der Waals surface area contributed by atoms with Crippen LogP contribution in [0.4, 0.5) is 0 Å². The number of aryl methyl sites for hydroxylation is 1. The van der Waals surface area contributed by atoms with Gasteiger partial charge in [-0.3, -0.25) is 0 Å². The van der Waals surface area contributed by atoms with Crippen molar-refractivity contribution in [1.82, 2.24) is 4.57 Å². The van der Waals surface area contributed by atoms with Gasteiger partial charge in [0.25, 0.3) is 0 Å². The average molecular weight is 238 g/mol. The van der Waals surface area contributed by atoms with Crippen molar-refractivity contribution in [2.24, 2.45) is 7.05 Å². The van der Waals surface area contributed by atoms with Crippen LogP contribution in [0, 0.1) is 6.92 Å². The number of ether oxygens (including phenoxy) is 1. The maximum Gasteiger partial charge on any atom is 0.340 e. The van der Waals surface area contributed by atoms with E-state index in [-0.39, 0.29) is 5.97 Å². The SMILES string of the molecule is COC(=O)c1c(C)n(C)c2cccc(Cl)c12. The Kier molecular flexibility index (Phi) is 2.64. The number of fused-ring (bicyclic) bond motifs is 1. The zero-order valence-electron chi connectivity index (χ0n) is 9.37. The summed E-state index contributed by atoms with van der Waals surface area (Å²) in [6.45, 7) is 1.88. The molecule has 0 spiro atoms. The zero-order chi connectivity index (χ0) is 11.9. The number of hydrogen-bond acceptors (Lipinski definition) is 2. The molecule has 0 saturated heterocycles. The highest BCUT2D eigenvalue weighted by Crippen LogP contribution is 2.31. The number of benzene rings is 1. The number of carbonyl (C=O) groups excluding carboxylic acids is 1. The first-order valence-corrected chi connectivity index (χ1v) is 5.27. The summed E-state index contributed by atoms with van der Waals surface area (Å²) >= 11 is 6.13. The highest BCUT2D eigenvalue weighted by atomic mass is 35.5. The molecule has 0 saturated carbocycles. The molecule has 4 heteroatoms. The van der Waals surface area contributed by atoms with Gasteiger partial charge in [0.1, 0.15) is 0 Å². The molecule has 0 fully saturated rings. The Morgan fingerprint density at radius 2 is 2.12 bits per heavy atom. The molecule has 0 unspecified atom stereocenters. The molecular weight excluding hydrogens is 226 g/mol. The smallest absolute Gasteiger partial charge is 0.340 e. The van der Waals surface area contributed by atoms with Crippen molar-refractivity contribution < 1.29 is 9.53 Å². The maximum absolute atomic E-state index is 11.7. The maximum atomic E-state index is 11.7. The molecule has 84 valence electrons. The van der Waals surface area contributed by atoms with E-state index in [1.165, 1.54) is 7.11 Å². The molecule has 1 heterocycles. The van der Waals surface area contributed by atoms with Gasteiger partial charge in [-0.2, -0.15) is 0 Å². The average Bonchev–Trinajstić information content (AvgIpc) is 2.54. The number of halogens is 1. The second-order valence-corrected chi connectivity index (χ2v) is 4.05. The van der Waals surface area contributed by atoms with Crippen molar-refractivity contribution in [3.8, 4) is 0 Å². The molecule has 0 radical (unpaired) electrons. The van der Waals surface area contributed by atoms with E-state index < -0.39 is 0 Å². The minimum atomic E-state index is -0.351. The lowest BCUT2D eigenvalue weighted by Gasteiger charge is -2.00. The second kappa shape index (κ2) is 3.83. The summed E-state index contributed by atoms with van der Waals surface area (Å²) in [5.74, 6) is -0.351. The Balaban J connectivity index is 2.92. The normalized spacial score (nSPS) is 10.8. The van der Waals surface area contributed by atoms with Gasteiger partial charge >= 0.3 is 5.97 Å². The van der Waals surface area contributed by atoms with Gasteiger partial charge in [-0.05, 0) is 19.1 Å². The van der Waals surface area contributed by atoms with Crippen molar-refractivity contribution >= 4 is 28.5 Å². The predicted octanol–water partition coefficient (Wildman–Crippen LogP) is 2.93. The summed E-state index contributed by atoms with van der Waals surface area (Å²) < 4.78 is 6.72. The number of methoxy groups -OCH3 is 1. The molecule has 0 N–H and O–H groups in total. The molecule has 1 aromatic carbocycles. The molecule has 2 rings (SSSR count). The lowest BCUT2D eigenvalue weighted by molar-refractivity contribution is 0.0602. The van der Waals surface area contributed by atoms with E-state index in [0.29, 0.717) is 10.6 Å². The van der Waals surface area contributed by atoms with Gasteiger partial charge in [-0.1, -0.05) is 17.7 Å². The van der Waals surface area contributed by atoms with E-state index in [4.69, 9.17) is 16.3 Å². The molecular formula is C12H12ClNO2. The van der Waals surface area contributed by atoms with Crippen LogP contribution < -0.4 is 0 Å². The third kappa shape index (κ3) is 1.39. The first kappa shape index (κ1) is 11.0. The quantitative estimate of drug-likeness (QED) is 0.714. The topological polar surface area (TPSA) is 31.2 Å². The standard InChI is InChI=1S/C12H12ClNO2/c1-7-10(12(15)16-3)11-8(13)5-4-6-9(11)14(7)2/h4-6H,1-3H3. The van der Waals surface area contributed by atoms with Crippen molar-refractivity contribution in [2.75, 3.05) is 7.11 Å². The summed E-state index contributed by atoms with van der Waals surface area (Å²) in [5, 5.41) is 1.33. The number of nitrogens with zero attached hydrogens (tertiary/aromatic N) is 1. The molecule has 0 aliphatic rings. The van der Waals surface area contributed by atoms with Crippen LogP contribution in [-0.4, -0.2) is 17.6 Å². The number of esters is 1. The van der Waals surface area contributed by atoms with Gasteiger partial charge < -0.3 is 9.30 Å². The Hall–Kier alpha value is -1.48. The summed E-state index contributed by atoms with van der Waals surface area (Å²) in [6.07, 6.45) is 0. The van der Waals surface area contributed by atoms with Gasteiger partial charge in [0.2, 0.25) is 0 Å². The van der Waals surface area contributed by atoms with Gasteiger partial charge in [0.05, 0.1) is 23.2 Å². The summed E-state index contributed by atoms with van der Waals surface area (Å²) in [6, 6.07) is 5.57. The van der Waals surface area contributed by atoms with Gasteiger partial charge in [0, 0.05) is 18.1 Å². The van der Waals surface area contributed by atoms with Crippen molar-refractivity contribution in [1.29, 1.82) is 0 Å². The van der Waals surface area contributed by atoms with Crippen molar-refractivity contribution in [3.63, 3.8) is 0 Å². The fourth-order valence-electron chi connectivity index (χ4n) is 1.92. The van der Waals surface area contributed by atoms with Crippen LogP contribution >= 0.6 is 11.6 Å². The van der Waals surface area contributed by atoms with Crippen LogP contribution in [0.3, 0.4) is 0 Å².